The lowest BCUT2D eigenvalue weighted by molar-refractivity contribution is 0.119. The summed E-state index contributed by atoms with van der Waals surface area (Å²) in [5.41, 5.74) is 7.50. The molecule has 164 valence electrons. The predicted octanol–water partition coefficient (Wildman–Crippen LogP) is 4.97. The number of hydrogen-bond donors (Lipinski definition) is 4. The number of amides is 2. The third kappa shape index (κ3) is 5.49. The van der Waals surface area contributed by atoms with E-state index in [1.165, 1.54) is 12.1 Å². The second-order valence-electron chi connectivity index (χ2n) is 7.48. The van der Waals surface area contributed by atoms with Gasteiger partial charge >= 0.3 is 6.03 Å². The van der Waals surface area contributed by atoms with Crippen LogP contribution in [-0.4, -0.2) is 33.1 Å². The lowest BCUT2D eigenvalue weighted by atomic mass is 10.1. The number of aromatic nitrogens is 2. The van der Waals surface area contributed by atoms with Gasteiger partial charge in [0.2, 0.25) is 0 Å². The van der Waals surface area contributed by atoms with Crippen molar-refractivity contribution in [2.24, 2.45) is 12.8 Å². The van der Waals surface area contributed by atoms with Crippen molar-refractivity contribution in [3.8, 4) is 22.8 Å². The van der Waals surface area contributed by atoms with Gasteiger partial charge < -0.3 is 26.2 Å². The molecule has 0 saturated carbocycles. The van der Waals surface area contributed by atoms with Gasteiger partial charge in [0.25, 0.3) is 0 Å². The van der Waals surface area contributed by atoms with E-state index >= 15 is 0 Å². The number of halogens is 2. The largest absolute Gasteiger partial charge is 0.506 e. The van der Waals surface area contributed by atoms with Gasteiger partial charge in [-0.3, -0.25) is 4.68 Å². The van der Waals surface area contributed by atoms with Crippen LogP contribution in [0.4, 0.5) is 16.2 Å². The Bertz CT molecular complexity index is 1100. The Balaban J connectivity index is 1.91. The molecular weight excluding hydrogens is 486 g/mol. The molecule has 8 nitrogen and oxygen atoms in total. The van der Waals surface area contributed by atoms with Crippen LogP contribution in [-0.2, 0) is 7.05 Å². The normalized spacial score (nSPS) is 11.3. The number of nitrogens with zero attached hydrogens (tertiary/aromatic N) is 2. The quantitative estimate of drug-likeness (QED) is 0.351. The number of phenols is 1. The molecule has 0 aliphatic rings. The summed E-state index contributed by atoms with van der Waals surface area (Å²) >= 11 is 9.34. The SMILES string of the molecule is Cn1ncc(Br)c1-c1cc(NC(=O)Nc2ccc(Cl)cc2O)ccc1OC(C)(C)CN. The third-order valence-corrected chi connectivity index (χ3v) is 5.29. The van der Waals surface area contributed by atoms with Gasteiger partial charge in [0.05, 0.1) is 22.1 Å². The molecule has 3 rings (SSSR count). The Morgan fingerprint density at radius 1 is 1.29 bits per heavy atom. The molecule has 10 heteroatoms. The second-order valence-corrected chi connectivity index (χ2v) is 8.77. The molecule has 3 aromatic rings. The third-order valence-electron chi connectivity index (χ3n) is 4.47. The molecule has 0 aliphatic heterocycles. The van der Waals surface area contributed by atoms with Gasteiger partial charge in [0.1, 0.15) is 17.1 Å². The highest BCUT2D eigenvalue weighted by atomic mass is 79.9. The maximum Gasteiger partial charge on any atom is 0.323 e. The van der Waals surface area contributed by atoms with E-state index in [-0.39, 0.29) is 11.4 Å². The molecule has 0 bridgehead atoms. The standard InChI is InChI=1S/C21H23BrClN5O3/c1-21(2,11-24)31-18-7-5-13(9-14(18)19-15(22)10-25-28(19)3)26-20(30)27-16-6-4-12(23)8-17(16)29/h4-10,29H,11,24H2,1-3H3,(H2,26,27,30). The number of anilines is 2. The lowest BCUT2D eigenvalue weighted by Crippen LogP contribution is -2.37. The van der Waals surface area contributed by atoms with Gasteiger partial charge in [-0.25, -0.2) is 4.79 Å². The van der Waals surface area contributed by atoms with Gasteiger partial charge in [-0.15, -0.1) is 0 Å². The molecule has 0 spiro atoms. The van der Waals surface area contributed by atoms with Crippen molar-refractivity contribution in [3.63, 3.8) is 0 Å². The minimum absolute atomic E-state index is 0.130. The molecule has 31 heavy (non-hydrogen) atoms. The Kier molecular flexibility index (Phi) is 6.78. The number of carbonyl (C=O) groups excluding carboxylic acids is 1. The number of carbonyl (C=O) groups is 1. The Labute approximate surface area is 193 Å². The number of ether oxygens (including phenoxy) is 1. The summed E-state index contributed by atoms with van der Waals surface area (Å²) in [5, 5.41) is 19.9. The molecule has 1 heterocycles. The molecular formula is C21H23BrClN5O3. The van der Waals surface area contributed by atoms with Crippen LogP contribution in [0.3, 0.4) is 0 Å². The average Bonchev–Trinajstić information content (AvgIpc) is 3.03. The average molecular weight is 509 g/mol. The minimum Gasteiger partial charge on any atom is -0.506 e. The number of nitrogens with two attached hydrogens (primary N) is 1. The summed E-state index contributed by atoms with van der Waals surface area (Å²) in [6.45, 7) is 4.12. The molecule has 2 aromatic carbocycles. The zero-order chi connectivity index (χ0) is 22.8. The number of aromatic hydroxyl groups is 1. The summed E-state index contributed by atoms with van der Waals surface area (Å²) in [6.07, 6.45) is 1.68. The van der Waals surface area contributed by atoms with Crippen LogP contribution in [0.25, 0.3) is 11.3 Å². The molecule has 0 saturated heterocycles. The van der Waals surface area contributed by atoms with Crippen LogP contribution in [0.15, 0.2) is 47.1 Å². The van der Waals surface area contributed by atoms with Crippen LogP contribution in [0, 0.1) is 0 Å². The van der Waals surface area contributed by atoms with Gasteiger partial charge in [-0.1, -0.05) is 11.6 Å². The van der Waals surface area contributed by atoms with E-state index in [4.69, 9.17) is 22.1 Å². The van der Waals surface area contributed by atoms with Crippen molar-refractivity contribution >= 4 is 44.9 Å². The summed E-state index contributed by atoms with van der Waals surface area (Å²) in [5.74, 6) is 0.468. The summed E-state index contributed by atoms with van der Waals surface area (Å²) < 4.78 is 8.62. The van der Waals surface area contributed by atoms with Crippen LogP contribution >= 0.6 is 27.5 Å². The zero-order valence-corrected chi connectivity index (χ0v) is 19.6. The van der Waals surface area contributed by atoms with Crippen LogP contribution in [0.2, 0.25) is 5.02 Å². The molecule has 5 N–H and O–H groups in total. The van der Waals surface area contributed by atoms with Crippen molar-refractivity contribution in [3.05, 3.63) is 52.1 Å². The number of nitrogens with one attached hydrogen (secondary N) is 2. The van der Waals surface area contributed by atoms with Crippen LogP contribution < -0.4 is 21.1 Å². The Morgan fingerprint density at radius 2 is 2.03 bits per heavy atom. The van der Waals surface area contributed by atoms with E-state index in [0.717, 1.165) is 15.7 Å². The highest BCUT2D eigenvalue weighted by molar-refractivity contribution is 9.10. The maximum atomic E-state index is 12.5. The van der Waals surface area contributed by atoms with E-state index in [1.54, 1.807) is 35.1 Å². The first-order chi connectivity index (χ1) is 14.6. The Hall–Kier alpha value is -2.75. The van der Waals surface area contributed by atoms with Gasteiger partial charge in [-0.05, 0) is 60.1 Å². The first-order valence-electron chi connectivity index (χ1n) is 9.37. The fourth-order valence-corrected chi connectivity index (χ4v) is 3.56. The number of rotatable bonds is 6. The summed E-state index contributed by atoms with van der Waals surface area (Å²) in [4.78, 5) is 12.5. The van der Waals surface area contributed by atoms with E-state index < -0.39 is 11.6 Å². The monoisotopic (exact) mass is 507 g/mol. The number of urea groups is 1. The molecule has 0 unspecified atom stereocenters. The highest BCUT2D eigenvalue weighted by Crippen LogP contribution is 2.38. The highest BCUT2D eigenvalue weighted by Gasteiger charge is 2.22. The fourth-order valence-electron chi connectivity index (χ4n) is 2.83. The van der Waals surface area contributed by atoms with Crippen molar-refractivity contribution < 1.29 is 14.6 Å². The Morgan fingerprint density at radius 3 is 2.65 bits per heavy atom. The zero-order valence-electron chi connectivity index (χ0n) is 17.2. The van der Waals surface area contributed by atoms with E-state index in [1.807, 2.05) is 20.9 Å². The predicted molar refractivity (Wildman–Crippen MR) is 126 cm³/mol. The van der Waals surface area contributed by atoms with Gasteiger partial charge in [0.15, 0.2) is 0 Å². The van der Waals surface area contributed by atoms with Gasteiger partial charge in [-0.2, -0.15) is 5.10 Å². The second kappa shape index (κ2) is 9.17. The summed E-state index contributed by atoms with van der Waals surface area (Å²) in [7, 11) is 1.81. The van der Waals surface area contributed by atoms with Crippen LogP contribution in [0.1, 0.15) is 13.8 Å². The van der Waals surface area contributed by atoms with Crippen LogP contribution in [0.5, 0.6) is 11.5 Å². The number of hydrogen-bond acceptors (Lipinski definition) is 5. The molecule has 0 radical (unpaired) electrons. The number of aryl methyl sites for hydroxylation is 1. The first-order valence-corrected chi connectivity index (χ1v) is 10.5. The van der Waals surface area contributed by atoms with Gasteiger partial charge in [0, 0.05) is 35.9 Å². The van der Waals surface area contributed by atoms with Crippen molar-refractivity contribution in [1.29, 1.82) is 0 Å². The molecule has 0 atom stereocenters. The summed E-state index contributed by atoms with van der Waals surface area (Å²) in [6, 6.07) is 9.18. The first kappa shape index (κ1) is 22.9. The molecule has 0 aliphatic carbocycles. The number of benzene rings is 2. The minimum atomic E-state index is -0.585. The van der Waals surface area contributed by atoms with E-state index in [9.17, 15) is 9.90 Å². The van der Waals surface area contributed by atoms with Crippen molar-refractivity contribution in [2.45, 2.75) is 19.4 Å². The smallest absolute Gasteiger partial charge is 0.323 e. The molecule has 2 amide bonds. The van der Waals surface area contributed by atoms with E-state index in [0.29, 0.717) is 23.0 Å². The molecule has 0 fully saturated rings. The maximum absolute atomic E-state index is 12.5. The van der Waals surface area contributed by atoms with Crippen molar-refractivity contribution in [1.82, 2.24) is 9.78 Å². The molecule has 1 aromatic heterocycles. The van der Waals surface area contributed by atoms with Crippen molar-refractivity contribution in [2.75, 3.05) is 17.2 Å². The number of phenolic OH excluding ortho intramolecular Hbond substituents is 1. The van der Waals surface area contributed by atoms with E-state index in [2.05, 4.69) is 31.7 Å². The topological polar surface area (TPSA) is 114 Å². The fraction of sp³-hybridized carbons (Fsp3) is 0.238. The lowest BCUT2D eigenvalue weighted by Gasteiger charge is -2.26.